The molecule has 2 aromatic carbocycles. The number of nitro benzene ring substituents is 1. The highest BCUT2D eigenvalue weighted by atomic mass is 35.5. The van der Waals surface area contributed by atoms with Gasteiger partial charge in [-0.3, -0.25) is 10.1 Å². The van der Waals surface area contributed by atoms with Crippen LogP contribution in [0.3, 0.4) is 0 Å². The van der Waals surface area contributed by atoms with Crippen LogP contribution in [0.1, 0.15) is 6.92 Å². The highest BCUT2D eigenvalue weighted by Crippen LogP contribution is 2.31. The number of halogens is 1. The molecule has 3 aromatic rings. The smallest absolute Gasteiger partial charge is 0.292 e. The van der Waals surface area contributed by atoms with Crippen LogP contribution >= 0.6 is 11.6 Å². The normalized spacial score (nSPS) is 11.7. The standard InChI is InChI=1S/C19H18ClN5O3/c1-12(11-26)21-19-23-15(13-5-3-2-4-6-13)10-18(24-19)22-16-9-14(20)7-8-17(16)25(27)28/h2-10,12,26H,11H2,1H3,(H2,21,22,23,24)/t12-/m0/s1. The zero-order valence-corrected chi connectivity index (χ0v) is 15.7. The number of aliphatic hydroxyl groups excluding tert-OH is 1. The molecule has 1 heterocycles. The number of aliphatic hydroxyl groups is 1. The van der Waals surface area contributed by atoms with E-state index in [0.717, 1.165) is 5.56 Å². The molecular weight excluding hydrogens is 382 g/mol. The summed E-state index contributed by atoms with van der Waals surface area (Å²) in [5.41, 5.74) is 1.57. The van der Waals surface area contributed by atoms with Crippen molar-refractivity contribution in [3.8, 4) is 11.3 Å². The van der Waals surface area contributed by atoms with Crippen molar-refractivity contribution in [2.24, 2.45) is 0 Å². The maximum Gasteiger partial charge on any atom is 0.292 e. The average molecular weight is 400 g/mol. The number of nitro groups is 1. The van der Waals surface area contributed by atoms with Gasteiger partial charge in [-0.2, -0.15) is 4.98 Å². The second-order valence-corrected chi connectivity index (χ2v) is 6.54. The molecule has 0 bridgehead atoms. The van der Waals surface area contributed by atoms with Crippen molar-refractivity contribution < 1.29 is 10.0 Å². The molecule has 0 aliphatic carbocycles. The van der Waals surface area contributed by atoms with Gasteiger partial charge in [0.05, 0.1) is 17.2 Å². The predicted molar refractivity (Wildman–Crippen MR) is 109 cm³/mol. The summed E-state index contributed by atoms with van der Waals surface area (Å²) in [4.78, 5) is 19.7. The van der Waals surface area contributed by atoms with Gasteiger partial charge in [-0.25, -0.2) is 4.98 Å². The summed E-state index contributed by atoms with van der Waals surface area (Å²) >= 11 is 6.00. The number of hydrogen-bond donors (Lipinski definition) is 3. The van der Waals surface area contributed by atoms with Gasteiger partial charge in [-0.05, 0) is 19.1 Å². The lowest BCUT2D eigenvalue weighted by atomic mass is 10.1. The van der Waals surface area contributed by atoms with Crippen molar-refractivity contribution in [1.29, 1.82) is 0 Å². The molecule has 0 spiro atoms. The van der Waals surface area contributed by atoms with E-state index in [1.54, 1.807) is 13.0 Å². The Morgan fingerprint density at radius 3 is 2.61 bits per heavy atom. The first-order chi connectivity index (χ1) is 13.5. The summed E-state index contributed by atoms with van der Waals surface area (Å²) in [6.07, 6.45) is 0. The van der Waals surface area contributed by atoms with E-state index >= 15 is 0 Å². The zero-order valence-electron chi connectivity index (χ0n) is 15.0. The van der Waals surface area contributed by atoms with Crippen LogP contribution in [-0.2, 0) is 0 Å². The van der Waals surface area contributed by atoms with E-state index in [-0.39, 0.29) is 30.0 Å². The van der Waals surface area contributed by atoms with Gasteiger partial charge in [0.2, 0.25) is 5.95 Å². The Bertz CT molecular complexity index is 985. The van der Waals surface area contributed by atoms with E-state index in [4.69, 9.17) is 11.6 Å². The molecule has 8 nitrogen and oxygen atoms in total. The maximum atomic E-state index is 11.3. The minimum atomic E-state index is -0.495. The monoisotopic (exact) mass is 399 g/mol. The number of nitrogens with one attached hydrogen (secondary N) is 2. The molecule has 0 saturated carbocycles. The van der Waals surface area contributed by atoms with Crippen molar-refractivity contribution in [2.75, 3.05) is 17.2 Å². The molecule has 144 valence electrons. The lowest BCUT2D eigenvalue weighted by Crippen LogP contribution is -2.21. The van der Waals surface area contributed by atoms with Gasteiger partial charge in [0, 0.05) is 28.8 Å². The van der Waals surface area contributed by atoms with Gasteiger partial charge >= 0.3 is 0 Å². The molecule has 1 aromatic heterocycles. The Morgan fingerprint density at radius 1 is 1.18 bits per heavy atom. The van der Waals surface area contributed by atoms with Gasteiger partial charge in [0.1, 0.15) is 11.5 Å². The molecule has 0 unspecified atom stereocenters. The maximum absolute atomic E-state index is 11.3. The third kappa shape index (κ3) is 4.73. The van der Waals surface area contributed by atoms with E-state index in [1.807, 2.05) is 30.3 Å². The van der Waals surface area contributed by atoms with Crippen LogP contribution in [0.25, 0.3) is 11.3 Å². The number of aromatic nitrogens is 2. The van der Waals surface area contributed by atoms with Crippen LogP contribution in [-0.4, -0.2) is 32.6 Å². The minimum absolute atomic E-state index is 0.0958. The van der Waals surface area contributed by atoms with Gasteiger partial charge in [-0.1, -0.05) is 41.9 Å². The van der Waals surface area contributed by atoms with Gasteiger partial charge in [-0.15, -0.1) is 0 Å². The SMILES string of the molecule is C[C@@H](CO)Nc1nc(Nc2cc(Cl)ccc2[N+](=O)[O-])cc(-c2ccccc2)n1. The molecule has 0 saturated heterocycles. The Hall–Kier alpha value is -3.23. The highest BCUT2D eigenvalue weighted by molar-refractivity contribution is 6.31. The van der Waals surface area contributed by atoms with Crippen LogP contribution < -0.4 is 10.6 Å². The average Bonchev–Trinajstić information content (AvgIpc) is 2.68. The van der Waals surface area contributed by atoms with Crippen LogP contribution in [0, 0.1) is 10.1 Å². The lowest BCUT2D eigenvalue weighted by molar-refractivity contribution is -0.383. The number of rotatable bonds is 7. The fourth-order valence-corrected chi connectivity index (χ4v) is 2.68. The Balaban J connectivity index is 2.04. The van der Waals surface area contributed by atoms with Crippen LogP contribution in [0.15, 0.2) is 54.6 Å². The fourth-order valence-electron chi connectivity index (χ4n) is 2.50. The first-order valence-electron chi connectivity index (χ1n) is 8.49. The first kappa shape index (κ1) is 19.5. The van der Waals surface area contributed by atoms with E-state index in [9.17, 15) is 15.2 Å². The molecule has 9 heteroatoms. The molecule has 0 aliphatic rings. The van der Waals surface area contributed by atoms with Crippen LogP contribution in [0.5, 0.6) is 0 Å². The van der Waals surface area contributed by atoms with Crippen molar-refractivity contribution in [1.82, 2.24) is 9.97 Å². The minimum Gasteiger partial charge on any atom is -0.394 e. The zero-order chi connectivity index (χ0) is 20.1. The third-order valence-corrected chi connectivity index (χ3v) is 4.10. The second kappa shape index (κ2) is 8.64. The summed E-state index contributed by atoms with van der Waals surface area (Å²) in [7, 11) is 0. The van der Waals surface area contributed by atoms with Crippen molar-refractivity contribution >= 4 is 34.7 Å². The number of benzene rings is 2. The molecule has 0 aliphatic heterocycles. The molecule has 0 fully saturated rings. The second-order valence-electron chi connectivity index (χ2n) is 6.10. The summed E-state index contributed by atoms with van der Waals surface area (Å²) in [5.74, 6) is 0.641. The first-order valence-corrected chi connectivity index (χ1v) is 8.87. The summed E-state index contributed by atoms with van der Waals surface area (Å²) in [6.45, 7) is 1.69. The van der Waals surface area contributed by atoms with Crippen molar-refractivity contribution in [2.45, 2.75) is 13.0 Å². The topological polar surface area (TPSA) is 113 Å². The van der Waals surface area contributed by atoms with Crippen LogP contribution in [0.4, 0.5) is 23.1 Å². The Kier molecular flexibility index (Phi) is 6.03. The predicted octanol–water partition coefficient (Wildman–Crippen LogP) is 4.24. The number of anilines is 3. The van der Waals surface area contributed by atoms with Crippen LogP contribution in [0.2, 0.25) is 5.02 Å². The molecule has 1 atom stereocenters. The van der Waals surface area contributed by atoms with Gasteiger partial charge in [0.25, 0.3) is 5.69 Å². The highest BCUT2D eigenvalue weighted by Gasteiger charge is 2.16. The Labute approximate surface area is 166 Å². The Morgan fingerprint density at radius 2 is 1.93 bits per heavy atom. The summed E-state index contributed by atoms with van der Waals surface area (Å²) in [5, 5.41) is 26.9. The van der Waals surface area contributed by atoms with Gasteiger partial charge < -0.3 is 15.7 Å². The number of hydrogen-bond acceptors (Lipinski definition) is 7. The largest absolute Gasteiger partial charge is 0.394 e. The van der Waals surface area contributed by atoms with Gasteiger partial charge in [0.15, 0.2) is 0 Å². The molecule has 3 N–H and O–H groups in total. The van der Waals surface area contributed by atoms with Crippen molar-refractivity contribution in [3.63, 3.8) is 0 Å². The molecular formula is C19H18ClN5O3. The van der Waals surface area contributed by atoms with E-state index in [1.165, 1.54) is 18.2 Å². The summed E-state index contributed by atoms with van der Waals surface area (Å²) < 4.78 is 0. The summed E-state index contributed by atoms with van der Waals surface area (Å²) in [6, 6.07) is 15.1. The molecule has 3 rings (SSSR count). The van der Waals surface area contributed by atoms with E-state index in [0.29, 0.717) is 16.5 Å². The fraction of sp³-hybridized carbons (Fsp3) is 0.158. The van der Waals surface area contributed by atoms with E-state index < -0.39 is 4.92 Å². The molecule has 0 radical (unpaired) electrons. The quantitative estimate of drug-likeness (QED) is 0.402. The molecule has 0 amide bonds. The number of nitrogens with zero attached hydrogens (tertiary/aromatic N) is 3. The molecule has 28 heavy (non-hydrogen) atoms. The van der Waals surface area contributed by atoms with E-state index in [2.05, 4.69) is 20.6 Å². The lowest BCUT2D eigenvalue weighted by Gasteiger charge is -2.14. The third-order valence-electron chi connectivity index (χ3n) is 3.86. The van der Waals surface area contributed by atoms with Crippen molar-refractivity contribution in [3.05, 3.63) is 69.7 Å².